The first-order valence-electron chi connectivity index (χ1n) is 9.65. The minimum atomic E-state index is -0.507. The molecule has 3 aromatic carbocycles. The van der Waals surface area contributed by atoms with E-state index in [2.05, 4.69) is 27.9 Å². The lowest BCUT2D eigenvalue weighted by molar-refractivity contribution is -0.112. The number of nitrogens with zero attached hydrogens (tertiary/aromatic N) is 1. The number of anilines is 1. The largest absolute Gasteiger partial charge is 0.493 e. The van der Waals surface area contributed by atoms with Crippen LogP contribution in [0.4, 0.5) is 10.1 Å². The molecule has 1 N–H and O–H groups in total. The maximum atomic E-state index is 13.9. The molecule has 0 aliphatic rings. The number of carbonyl (C=O) groups excluding carboxylic acids is 1. The highest BCUT2D eigenvalue weighted by molar-refractivity contribution is 14.1. The lowest BCUT2D eigenvalue weighted by Crippen LogP contribution is -2.13. The fourth-order valence-electron chi connectivity index (χ4n) is 2.97. The van der Waals surface area contributed by atoms with E-state index in [0.29, 0.717) is 31.9 Å². The van der Waals surface area contributed by atoms with Crippen LogP contribution in [0.5, 0.6) is 11.5 Å². The Morgan fingerprint density at radius 3 is 2.66 bits per heavy atom. The average molecular weight is 542 g/mol. The minimum Gasteiger partial charge on any atom is -0.493 e. The number of ether oxygens (including phenoxy) is 2. The zero-order chi connectivity index (χ0) is 23.1. The molecular formula is C25H20FIN2O3. The molecule has 0 heterocycles. The standard InChI is InChI=1S/C25H20FIN2O3/c1-16-6-5-8-20(10-16)29-25(30)19(14-28)11-17-12-22(27)24(23(13-17)31-2)32-15-18-7-3-4-9-21(18)26/h3-13H,15H2,1-2H3,(H,29,30)/b19-11-. The van der Waals surface area contributed by atoms with Crippen LogP contribution in [0, 0.1) is 27.6 Å². The first-order chi connectivity index (χ1) is 15.4. The van der Waals surface area contributed by atoms with Gasteiger partial charge in [0.15, 0.2) is 11.5 Å². The number of nitrogens with one attached hydrogen (secondary N) is 1. The Morgan fingerprint density at radius 1 is 1.19 bits per heavy atom. The fraction of sp³-hybridized carbons (Fsp3) is 0.120. The number of hydrogen-bond donors (Lipinski definition) is 1. The SMILES string of the molecule is COc1cc(/C=C(/C#N)C(=O)Nc2cccc(C)c2)cc(I)c1OCc1ccccc1F. The third-order valence-electron chi connectivity index (χ3n) is 4.53. The van der Waals surface area contributed by atoms with Gasteiger partial charge in [-0.3, -0.25) is 4.79 Å². The van der Waals surface area contributed by atoms with Crippen molar-refractivity contribution in [2.75, 3.05) is 12.4 Å². The van der Waals surface area contributed by atoms with Crippen molar-refractivity contribution < 1.29 is 18.7 Å². The van der Waals surface area contributed by atoms with E-state index in [9.17, 15) is 14.4 Å². The summed E-state index contributed by atoms with van der Waals surface area (Å²) < 4.78 is 25.8. The monoisotopic (exact) mass is 542 g/mol. The van der Waals surface area contributed by atoms with E-state index in [-0.39, 0.29) is 18.0 Å². The molecule has 0 radical (unpaired) electrons. The van der Waals surface area contributed by atoms with Crippen molar-refractivity contribution in [3.8, 4) is 17.6 Å². The van der Waals surface area contributed by atoms with Crippen LogP contribution in [0.15, 0.2) is 66.2 Å². The summed E-state index contributed by atoms with van der Waals surface area (Å²) in [5.74, 6) is 0.0124. The molecule has 0 saturated heterocycles. The van der Waals surface area contributed by atoms with Crippen molar-refractivity contribution >= 4 is 40.3 Å². The number of benzene rings is 3. The van der Waals surface area contributed by atoms with E-state index in [1.165, 1.54) is 19.3 Å². The number of amides is 1. The van der Waals surface area contributed by atoms with Gasteiger partial charge in [0.2, 0.25) is 0 Å². The van der Waals surface area contributed by atoms with Crippen molar-refractivity contribution in [1.82, 2.24) is 0 Å². The number of nitriles is 1. The Bertz CT molecular complexity index is 1220. The predicted octanol–water partition coefficient (Wildman–Crippen LogP) is 5.87. The Morgan fingerprint density at radius 2 is 1.97 bits per heavy atom. The summed E-state index contributed by atoms with van der Waals surface area (Å²) in [6, 6.07) is 19.1. The second kappa shape index (κ2) is 10.8. The van der Waals surface area contributed by atoms with Gasteiger partial charge in [-0.25, -0.2) is 4.39 Å². The molecule has 0 fully saturated rings. The molecule has 0 spiro atoms. The van der Waals surface area contributed by atoms with Gasteiger partial charge in [0.25, 0.3) is 5.91 Å². The van der Waals surface area contributed by atoms with Gasteiger partial charge >= 0.3 is 0 Å². The zero-order valence-corrected chi connectivity index (χ0v) is 19.6. The Labute approximate surface area is 199 Å². The summed E-state index contributed by atoms with van der Waals surface area (Å²) in [5.41, 5.74) is 2.58. The van der Waals surface area contributed by atoms with E-state index in [0.717, 1.165) is 5.56 Å². The van der Waals surface area contributed by atoms with Gasteiger partial charge in [-0.05, 0) is 77.0 Å². The fourth-order valence-corrected chi connectivity index (χ4v) is 3.75. The van der Waals surface area contributed by atoms with E-state index < -0.39 is 5.91 Å². The van der Waals surface area contributed by atoms with Crippen molar-refractivity contribution in [3.05, 3.63) is 92.3 Å². The average Bonchev–Trinajstić information content (AvgIpc) is 2.77. The summed E-state index contributed by atoms with van der Waals surface area (Å²) in [4.78, 5) is 12.6. The number of aryl methyl sites for hydroxylation is 1. The molecule has 0 bridgehead atoms. The molecule has 0 aliphatic heterocycles. The minimum absolute atomic E-state index is 0.0383. The van der Waals surface area contributed by atoms with Crippen LogP contribution in [0.25, 0.3) is 6.08 Å². The molecule has 0 atom stereocenters. The Balaban J connectivity index is 1.83. The van der Waals surface area contributed by atoms with Crippen molar-refractivity contribution in [2.24, 2.45) is 0 Å². The highest BCUT2D eigenvalue weighted by Crippen LogP contribution is 2.35. The van der Waals surface area contributed by atoms with Crippen LogP contribution >= 0.6 is 22.6 Å². The normalized spacial score (nSPS) is 10.9. The van der Waals surface area contributed by atoms with E-state index >= 15 is 0 Å². The van der Waals surface area contributed by atoms with Crippen LogP contribution < -0.4 is 14.8 Å². The third kappa shape index (κ3) is 5.86. The highest BCUT2D eigenvalue weighted by atomic mass is 127. The molecule has 162 valence electrons. The Kier molecular flexibility index (Phi) is 7.84. The summed E-state index contributed by atoms with van der Waals surface area (Å²) >= 11 is 2.07. The molecule has 7 heteroatoms. The molecule has 5 nitrogen and oxygen atoms in total. The lowest BCUT2D eigenvalue weighted by Gasteiger charge is -2.14. The van der Waals surface area contributed by atoms with Crippen LogP contribution in [-0.4, -0.2) is 13.0 Å². The third-order valence-corrected chi connectivity index (χ3v) is 5.33. The molecule has 0 saturated carbocycles. The highest BCUT2D eigenvalue weighted by Gasteiger charge is 2.15. The summed E-state index contributed by atoms with van der Waals surface area (Å²) in [5, 5.41) is 12.2. The predicted molar refractivity (Wildman–Crippen MR) is 130 cm³/mol. The van der Waals surface area contributed by atoms with Gasteiger partial charge in [-0.1, -0.05) is 30.3 Å². The number of methoxy groups -OCH3 is 1. The van der Waals surface area contributed by atoms with Crippen LogP contribution in [0.2, 0.25) is 0 Å². The van der Waals surface area contributed by atoms with Gasteiger partial charge in [-0.15, -0.1) is 0 Å². The second-order valence-electron chi connectivity index (χ2n) is 6.91. The summed E-state index contributed by atoms with van der Waals surface area (Å²) in [7, 11) is 1.49. The molecule has 32 heavy (non-hydrogen) atoms. The topological polar surface area (TPSA) is 71.3 Å². The number of rotatable bonds is 7. The van der Waals surface area contributed by atoms with Gasteiger partial charge in [0.05, 0.1) is 10.7 Å². The van der Waals surface area contributed by atoms with Crippen LogP contribution in [0.1, 0.15) is 16.7 Å². The van der Waals surface area contributed by atoms with Gasteiger partial charge < -0.3 is 14.8 Å². The van der Waals surface area contributed by atoms with Crippen molar-refractivity contribution in [3.63, 3.8) is 0 Å². The van der Waals surface area contributed by atoms with E-state index in [1.54, 1.807) is 36.4 Å². The van der Waals surface area contributed by atoms with E-state index in [1.807, 2.05) is 31.2 Å². The maximum Gasteiger partial charge on any atom is 0.266 e. The number of halogens is 2. The molecule has 1 amide bonds. The van der Waals surface area contributed by atoms with Crippen molar-refractivity contribution in [1.29, 1.82) is 5.26 Å². The van der Waals surface area contributed by atoms with E-state index in [4.69, 9.17) is 9.47 Å². The molecule has 3 aromatic rings. The summed E-state index contributed by atoms with van der Waals surface area (Å²) in [6.07, 6.45) is 1.48. The zero-order valence-electron chi connectivity index (χ0n) is 17.5. The summed E-state index contributed by atoms with van der Waals surface area (Å²) in [6.45, 7) is 1.96. The maximum absolute atomic E-state index is 13.9. The molecule has 0 aromatic heterocycles. The first kappa shape index (κ1) is 23.3. The van der Waals surface area contributed by atoms with Crippen LogP contribution in [0.3, 0.4) is 0 Å². The first-order valence-corrected chi connectivity index (χ1v) is 10.7. The van der Waals surface area contributed by atoms with Gasteiger partial charge in [0.1, 0.15) is 24.1 Å². The molecule has 3 rings (SSSR count). The quantitative estimate of drug-likeness (QED) is 0.230. The molecule has 0 unspecified atom stereocenters. The Hall–Kier alpha value is -3.38. The van der Waals surface area contributed by atoms with Crippen LogP contribution in [-0.2, 0) is 11.4 Å². The number of hydrogen-bond acceptors (Lipinski definition) is 4. The second-order valence-corrected chi connectivity index (χ2v) is 8.07. The lowest BCUT2D eigenvalue weighted by atomic mass is 10.1. The smallest absolute Gasteiger partial charge is 0.266 e. The van der Waals surface area contributed by atoms with Crippen molar-refractivity contribution in [2.45, 2.75) is 13.5 Å². The number of carbonyl (C=O) groups is 1. The van der Waals surface area contributed by atoms with Gasteiger partial charge in [-0.2, -0.15) is 5.26 Å². The molecular weight excluding hydrogens is 522 g/mol. The van der Waals surface area contributed by atoms with Gasteiger partial charge in [0, 0.05) is 11.3 Å². The molecule has 0 aliphatic carbocycles.